The van der Waals surface area contributed by atoms with Crippen molar-refractivity contribution in [1.29, 1.82) is 0 Å². The molecule has 0 saturated heterocycles. The number of benzene rings is 2. The van der Waals surface area contributed by atoms with Crippen LogP contribution in [0.3, 0.4) is 0 Å². The van der Waals surface area contributed by atoms with Gasteiger partial charge in [-0.2, -0.15) is 13.2 Å². The van der Waals surface area contributed by atoms with E-state index < -0.39 is 23.4 Å². The fourth-order valence-corrected chi connectivity index (χ4v) is 1.80. The second-order valence-electron chi connectivity index (χ2n) is 4.13. The van der Waals surface area contributed by atoms with E-state index in [9.17, 15) is 22.0 Å². The molecule has 0 spiro atoms. The first-order valence-electron chi connectivity index (χ1n) is 5.43. The van der Waals surface area contributed by atoms with Crippen molar-refractivity contribution in [3.63, 3.8) is 0 Å². The predicted octanol–water partition coefficient (Wildman–Crippen LogP) is 4.96. The Hall–Kier alpha value is -1.91. The van der Waals surface area contributed by atoms with Gasteiger partial charge in [0.1, 0.15) is 0 Å². The van der Waals surface area contributed by atoms with Crippen LogP contribution in [0.5, 0.6) is 0 Å². The Balaban J connectivity index is 2.65. The van der Waals surface area contributed by atoms with E-state index in [-0.39, 0.29) is 11.1 Å². The van der Waals surface area contributed by atoms with E-state index in [1.54, 1.807) is 6.92 Å². The van der Waals surface area contributed by atoms with Crippen LogP contribution in [-0.4, -0.2) is 0 Å². The van der Waals surface area contributed by atoms with E-state index in [2.05, 4.69) is 0 Å². The van der Waals surface area contributed by atoms with Gasteiger partial charge in [0.2, 0.25) is 0 Å². The Morgan fingerprint density at radius 3 is 2.21 bits per heavy atom. The summed E-state index contributed by atoms with van der Waals surface area (Å²) in [5.74, 6) is -2.24. The molecule has 0 aromatic heterocycles. The van der Waals surface area contributed by atoms with Crippen molar-refractivity contribution >= 4 is 0 Å². The monoisotopic (exact) mass is 272 g/mol. The van der Waals surface area contributed by atoms with Crippen molar-refractivity contribution in [2.45, 2.75) is 13.1 Å². The van der Waals surface area contributed by atoms with Crippen molar-refractivity contribution in [2.75, 3.05) is 0 Å². The second-order valence-corrected chi connectivity index (χ2v) is 4.13. The highest BCUT2D eigenvalue weighted by molar-refractivity contribution is 5.68. The summed E-state index contributed by atoms with van der Waals surface area (Å²) < 4.78 is 64.7. The van der Waals surface area contributed by atoms with Gasteiger partial charge in [-0.1, -0.05) is 18.2 Å². The minimum absolute atomic E-state index is 0.0341. The van der Waals surface area contributed by atoms with E-state index in [0.717, 1.165) is 18.2 Å². The van der Waals surface area contributed by atoms with E-state index >= 15 is 0 Å². The van der Waals surface area contributed by atoms with E-state index in [1.807, 2.05) is 0 Å². The first kappa shape index (κ1) is 13.5. The largest absolute Gasteiger partial charge is 0.416 e. The summed E-state index contributed by atoms with van der Waals surface area (Å²) in [4.78, 5) is 0. The fourth-order valence-electron chi connectivity index (χ4n) is 1.80. The lowest BCUT2D eigenvalue weighted by Gasteiger charge is -2.12. The van der Waals surface area contributed by atoms with Crippen LogP contribution < -0.4 is 0 Å². The summed E-state index contributed by atoms with van der Waals surface area (Å²) >= 11 is 0. The highest BCUT2D eigenvalue weighted by Crippen LogP contribution is 2.34. The van der Waals surface area contributed by atoms with Crippen molar-refractivity contribution < 1.29 is 22.0 Å². The lowest BCUT2D eigenvalue weighted by Crippen LogP contribution is -2.05. The molecular weight excluding hydrogens is 263 g/mol. The van der Waals surface area contributed by atoms with Crippen LogP contribution in [0.25, 0.3) is 11.1 Å². The highest BCUT2D eigenvalue weighted by atomic mass is 19.4. The molecule has 0 heterocycles. The van der Waals surface area contributed by atoms with Gasteiger partial charge in [-0.15, -0.1) is 0 Å². The minimum atomic E-state index is -4.52. The molecule has 19 heavy (non-hydrogen) atoms. The van der Waals surface area contributed by atoms with Crippen LogP contribution in [0.1, 0.15) is 11.1 Å². The summed E-state index contributed by atoms with van der Waals surface area (Å²) in [5, 5.41) is 0. The van der Waals surface area contributed by atoms with Crippen molar-refractivity contribution in [3.8, 4) is 11.1 Å². The molecule has 0 aliphatic carbocycles. The van der Waals surface area contributed by atoms with E-state index in [4.69, 9.17) is 0 Å². The molecule has 0 aliphatic rings. The molecule has 5 heteroatoms. The quantitative estimate of drug-likeness (QED) is 0.644. The predicted molar refractivity (Wildman–Crippen MR) is 61.5 cm³/mol. The summed E-state index contributed by atoms with van der Waals surface area (Å²) in [6.45, 7) is 1.54. The minimum Gasteiger partial charge on any atom is -0.204 e. The zero-order chi connectivity index (χ0) is 14.2. The molecule has 0 atom stereocenters. The van der Waals surface area contributed by atoms with Crippen LogP contribution in [0, 0.1) is 18.6 Å². The third kappa shape index (κ3) is 2.59. The maximum Gasteiger partial charge on any atom is 0.416 e. The topological polar surface area (TPSA) is 0 Å². The van der Waals surface area contributed by atoms with Gasteiger partial charge in [-0.3, -0.25) is 0 Å². The van der Waals surface area contributed by atoms with Crippen molar-refractivity contribution in [3.05, 3.63) is 59.2 Å². The zero-order valence-corrected chi connectivity index (χ0v) is 9.85. The maximum atomic E-state index is 13.6. The molecule has 0 nitrogen and oxygen atoms in total. The summed E-state index contributed by atoms with van der Waals surface area (Å²) in [6.07, 6.45) is -4.52. The number of alkyl halides is 3. The molecule has 2 aromatic rings. The van der Waals surface area contributed by atoms with Crippen LogP contribution >= 0.6 is 0 Å². The van der Waals surface area contributed by atoms with Gasteiger partial charge < -0.3 is 0 Å². The zero-order valence-electron chi connectivity index (χ0n) is 9.85. The molecule has 0 bridgehead atoms. The Morgan fingerprint density at radius 2 is 1.58 bits per heavy atom. The molecule has 0 radical (unpaired) electrons. The van der Waals surface area contributed by atoms with Gasteiger partial charge in [-0.25, -0.2) is 8.78 Å². The standard InChI is InChI=1S/C14H9F5/c1-8-5-6-9(14(17,18)19)7-11(8)10-3-2-4-12(15)13(10)16/h2-7H,1H3. The van der Waals surface area contributed by atoms with Gasteiger partial charge in [-0.05, 0) is 36.2 Å². The summed E-state index contributed by atoms with van der Waals surface area (Å²) in [6, 6.07) is 6.40. The Kier molecular flexibility index (Phi) is 3.30. The SMILES string of the molecule is Cc1ccc(C(F)(F)F)cc1-c1cccc(F)c1F. The molecule has 0 fully saturated rings. The van der Waals surface area contributed by atoms with Crippen LogP contribution in [0.2, 0.25) is 0 Å². The molecule has 2 aromatic carbocycles. The van der Waals surface area contributed by atoms with Crippen LogP contribution in [0.4, 0.5) is 22.0 Å². The van der Waals surface area contributed by atoms with Gasteiger partial charge in [0, 0.05) is 5.56 Å². The lowest BCUT2D eigenvalue weighted by atomic mass is 9.97. The average Bonchev–Trinajstić information content (AvgIpc) is 2.32. The molecule has 0 amide bonds. The summed E-state index contributed by atoms with van der Waals surface area (Å²) in [7, 11) is 0. The van der Waals surface area contributed by atoms with Gasteiger partial charge >= 0.3 is 6.18 Å². The molecule has 0 N–H and O–H groups in total. The second kappa shape index (κ2) is 4.64. The number of halogens is 5. The molecule has 0 unspecified atom stereocenters. The number of hydrogen-bond acceptors (Lipinski definition) is 0. The Labute approximate surface area is 106 Å². The van der Waals surface area contributed by atoms with Crippen LogP contribution in [-0.2, 0) is 6.18 Å². The smallest absolute Gasteiger partial charge is 0.204 e. The van der Waals surface area contributed by atoms with E-state index in [0.29, 0.717) is 5.56 Å². The molecule has 0 aliphatic heterocycles. The average molecular weight is 272 g/mol. The van der Waals surface area contributed by atoms with Crippen LogP contribution in [0.15, 0.2) is 36.4 Å². The van der Waals surface area contributed by atoms with Gasteiger partial charge in [0.05, 0.1) is 5.56 Å². The van der Waals surface area contributed by atoms with Crippen molar-refractivity contribution in [2.24, 2.45) is 0 Å². The first-order chi connectivity index (χ1) is 8.80. The summed E-state index contributed by atoms with van der Waals surface area (Å²) in [5.41, 5.74) is -0.593. The van der Waals surface area contributed by atoms with Crippen molar-refractivity contribution in [1.82, 2.24) is 0 Å². The normalized spacial score (nSPS) is 11.7. The number of rotatable bonds is 1. The molecule has 0 saturated carbocycles. The first-order valence-corrected chi connectivity index (χ1v) is 5.43. The molecule has 2 rings (SSSR count). The third-order valence-electron chi connectivity index (χ3n) is 2.81. The Morgan fingerprint density at radius 1 is 0.895 bits per heavy atom. The molecular formula is C14H9F5. The molecule has 100 valence electrons. The number of aryl methyl sites for hydroxylation is 1. The third-order valence-corrected chi connectivity index (χ3v) is 2.81. The number of hydrogen-bond donors (Lipinski definition) is 0. The Bertz CT molecular complexity index is 614. The highest BCUT2D eigenvalue weighted by Gasteiger charge is 2.31. The van der Waals surface area contributed by atoms with E-state index in [1.165, 1.54) is 18.2 Å². The fraction of sp³-hybridized carbons (Fsp3) is 0.143. The maximum absolute atomic E-state index is 13.6. The lowest BCUT2D eigenvalue weighted by molar-refractivity contribution is -0.137. The van der Waals surface area contributed by atoms with Gasteiger partial charge in [0.25, 0.3) is 0 Å². The van der Waals surface area contributed by atoms with Gasteiger partial charge in [0.15, 0.2) is 11.6 Å².